The lowest BCUT2D eigenvalue weighted by molar-refractivity contribution is -0.120. The zero-order valence-electron chi connectivity index (χ0n) is 19.5. The van der Waals surface area contributed by atoms with Gasteiger partial charge in [0.2, 0.25) is 0 Å². The molecule has 1 aliphatic rings. The highest BCUT2D eigenvalue weighted by molar-refractivity contribution is 8.04. The van der Waals surface area contributed by atoms with Crippen LogP contribution in [0.25, 0.3) is 0 Å². The van der Waals surface area contributed by atoms with Gasteiger partial charge < -0.3 is 5.32 Å². The number of amides is 2. The number of rotatable bonds is 8. The van der Waals surface area contributed by atoms with E-state index in [9.17, 15) is 9.59 Å². The molecule has 4 nitrogen and oxygen atoms in total. The van der Waals surface area contributed by atoms with Crippen LogP contribution in [0.4, 0.5) is 11.4 Å². The number of carbonyl (C=O) groups excluding carboxylic acids is 2. The monoisotopic (exact) mass is 490 g/mol. The zero-order valence-corrected chi connectivity index (χ0v) is 21.1. The summed E-state index contributed by atoms with van der Waals surface area (Å²) in [5.41, 5.74) is 4.66. The SMILES string of the molecule is CCCCc1ccc(N2C(=O)C(Nc3cccc(Cl)c3C)=C(Sc3ccc(C)cc3)C2=O)cc1. The number of hydrogen-bond acceptors (Lipinski definition) is 4. The topological polar surface area (TPSA) is 49.4 Å². The van der Waals surface area contributed by atoms with Crippen LogP contribution in [0, 0.1) is 13.8 Å². The molecule has 3 aromatic rings. The van der Waals surface area contributed by atoms with Gasteiger partial charge in [0.05, 0.1) is 5.69 Å². The van der Waals surface area contributed by atoms with Crippen molar-refractivity contribution in [3.63, 3.8) is 0 Å². The van der Waals surface area contributed by atoms with Gasteiger partial charge in [-0.05, 0) is 74.2 Å². The third-order valence-corrected chi connectivity index (χ3v) is 7.32. The molecule has 1 heterocycles. The lowest BCUT2D eigenvalue weighted by Crippen LogP contribution is -2.32. The summed E-state index contributed by atoms with van der Waals surface area (Å²) in [6.45, 7) is 6.05. The van der Waals surface area contributed by atoms with Crippen molar-refractivity contribution in [3.05, 3.63) is 99.0 Å². The predicted molar refractivity (Wildman–Crippen MR) is 141 cm³/mol. The Labute approximate surface area is 210 Å². The molecule has 0 aliphatic carbocycles. The molecule has 3 aromatic carbocycles. The van der Waals surface area contributed by atoms with Gasteiger partial charge in [-0.3, -0.25) is 9.59 Å². The Hall–Kier alpha value is -3.02. The van der Waals surface area contributed by atoms with Crippen molar-refractivity contribution in [2.75, 3.05) is 10.2 Å². The molecule has 174 valence electrons. The van der Waals surface area contributed by atoms with E-state index in [1.165, 1.54) is 22.2 Å². The van der Waals surface area contributed by atoms with E-state index >= 15 is 0 Å². The van der Waals surface area contributed by atoms with Gasteiger partial charge in [-0.2, -0.15) is 0 Å². The number of imide groups is 1. The van der Waals surface area contributed by atoms with Crippen molar-refractivity contribution in [2.45, 2.75) is 44.9 Å². The van der Waals surface area contributed by atoms with Crippen LogP contribution >= 0.6 is 23.4 Å². The number of halogens is 1. The third kappa shape index (κ3) is 5.06. The predicted octanol–water partition coefficient (Wildman–Crippen LogP) is 7.29. The van der Waals surface area contributed by atoms with Gasteiger partial charge in [0.15, 0.2) is 0 Å². The Morgan fingerprint density at radius 2 is 1.62 bits per heavy atom. The number of nitrogens with zero attached hydrogens (tertiary/aromatic N) is 1. The second-order valence-corrected chi connectivity index (χ2v) is 9.86. The maximum absolute atomic E-state index is 13.6. The third-order valence-electron chi connectivity index (χ3n) is 5.82. The van der Waals surface area contributed by atoms with Gasteiger partial charge >= 0.3 is 0 Å². The Morgan fingerprint density at radius 1 is 0.912 bits per heavy atom. The molecule has 0 fully saturated rings. The van der Waals surface area contributed by atoms with Gasteiger partial charge in [-0.1, -0.05) is 72.6 Å². The van der Waals surface area contributed by atoms with E-state index < -0.39 is 0 Å². The smallest absolute Gasteiger partial charge is 0.283 e. The highest BCUT2D eigenvalue weighted by Crippen LogP contribution is 2.38. The van der Waals surface area contributed by atoms with Gasteiger partial charge in [0.1, 0.15) is 10.6 Å². The van der Waals surface area contributed by atoms with Crippen LogP contribution in [0.2, 0.25) is 5.02 Å². The van der Waals surface area contributed by atoms with E-state index in [4.69, 9.17) is 11.6 Å². The molecule has 0 spiro atoms. The molecule has 2 amide bonds. The number of aryl methyl sites for hydroxylation is 2. The molecule has 0 radical (unpaired) electrons. The second-order valence-electron chi connectivity index (χ2n) is 8.37. The van der Waals surface area contributed by atoms with Crippen molar-refractivity contribution in [1.82, 2.24) is 0 Å². The number of benzene rings is 3. The molecule has 0 saturated heterocycles. The summed E-state index contributed by atoms with van der Waals surface area (Å²) >= 11 is 7.59. The summed E-state index contributed by atoms with van der Waals surface area (Å²) in [5, 5.41) is 3.81. The van der Waals surface area contributed by atoms with Gasteiger partial charge in [-0.15, -0.1) is 0 Å². The van der Waals surface area contributed by atoms with E-state index in [2.05, 4.69) is 12.2 Å². The fraction of sp³-hybridized carbons (Fsp3) is 0.214. The van der Waals surface area contributed by atoms with Crippen molar-refractivity contribution >= 4 is 46.6 Å². The van der Waals surface area contributed by atoms with E-state index in [-0.39, 0.29) is 17.5 Å². The number of nitrogens with one attached hydrogen (secondary N) is 1. The Bertz CT molecular complexity index is 1250. The van der Waals surface area contributed by atoms with Crippen molar-refractivity contribution in [1.29, 1.82) is 0 Å². The number of thioether (sulfide) groups is 1. The van der Waals surface area contributed by atoms with Crippen LogP contribution in [0.15, 0.2) is 82.2 Å². The van der Waals surface area contributed by atoms with Gasteiger partial charge in [0, 0.05) is 15.6 Å². The van der Waals surface area contributed by atoms with Crippen LogP contribution in [-0.4, -0.2) is 11.8 Å². The fourth-order valence-electron chi connectivity index (χ4n) is 3.74. The summed E-state index contributed by atoms with van der Waals surface area (Å²) < 4.78 is 0. The van der Waals surface area contributed by atoms with Crippen LogP contribution in [0.3, 0.4) is 0 Å². The lowest BCUT2D eigenvalue weighted by Gasteiger charge is -2.16. The first-order valence-corrected chi connectivity index (χ1v) is 12.6. The van der Waals surface area contributed by atoms with Gasteiger partial charge in [0.25, 0.3) is 11.8 Å². The molecule has 1 aliphatic heterocycles. The quantitative estimate of drug-likeness (QED) is 0.337. The first-order valence-electron chi connectivity index (χ1n) is 11.4. The Morgan fingerprint density at radius 3 is 2.29 bits per heavy atom. The molecule has 4 rings (SSSR count). The molecular weight excluding hydrogens is 464 g/mol. The first kappa shape index (κ1) is 24.1. The van der Waals surface area contributed by atoms with Crippen molar-refractivity contribution < 1.29 is 9.59 Å². The maximum atomic E-state index is 13.6. The van der Waals surface area contributed by atoms with Crippen LogP contribution in [0.1, 0.15) is 36.5 Å². The number of anilines is 2. The molecule has 0 aromatic heterocycles. The van der Waals surface area contributed by atoms with Crippen molar-refractivity contribution in [2.24, 2.45) is 0 Å². The molecule has 34 heavy (non-hydrogen) atoms. The summed E-state index contributed by atoms with van der Waals surface area (Å²) in [4.78, 5) is 29.6. The lowest BCUT2D eigenvalue weighted by atomic mass is 10.1. The average Bonchev–Trinajstić information content (AvgIpc) is 3.06. The minimum atomic E-state index is -0.375. The molecule has 1 N–H and O–H groups in total. The minimum Gasteiger partial charge on any atom is -0.350 e. The summed E-state index contributed by atoms with van der Waals surface area (Å²) in [5.74, 6) is -0.709. The van der Waals surface area contributed by atoms with E-state index in [0.29, 0.717) is 21.3 Å². The van der Waals surface area contributed by atoms with Crippen LogP contribution < -0.4 is 10.2 Å². The number of hydrogen-bond donors (Lipinski definition) is 1. The van der Waals surface area contributed by atoms with Crippen LogP contribution in [-0.2, 0) is 16.0 Å². The maximum Gasteiger partial charge on any atom is 0.283 e. The van der Waals surface area contributed by atoms with Crippen molar-refractivity contribution in [3.8, 4) is 0 Å². The summed E-state index contributed by atoms with van der Waals surface area (Å²) in [6.07, 6.45) is 3.20. The highest BCUT2D eigenvalue weighted by Gasteiger charge is 2.40. The van der Waals surface area contributed by atoms with E-state index in [0.717, 1.165) is 35.3 Å². The molecule has 0 bridgehead atoms. The minimum absolute atomic E-state index is 0.260. The van der Waals surface area contributed by atoms with Gasteiger partial charge in [-0.25, -0.2) is 4.90 Å². The normalized spacial score (nSPS) is 13.7. The standard InChI is InChI=1S/C28H27ClN2O2S/c1-4-5-7-20-12-14-21(15-13-20)31-27(32)25(30-24-9-6-8-23(29)19(24)3)26(28(31)33)34-22-16-10-18(2)11-17-22/h6,8-17,30H,4-5,7H2,1-3H3. The zero-order chi connectivity index (χ0) is 24.2. The largest absolute Gasteiger partial charge is 0.350 e. The summed E-state index contributed by atoms with van der Waals surface area (Å²) in [7, 11) is 0. The number of unbranched alkanes of at least 4 members (excludes halogenated alkanes) is 1. The van der Waals surface area contributed by atoms with E-state index in [1.54, 1.807) is 6.07 Å². The second kappa shape index (κ2) is 10.5. The molecule has 0 saturated carbocycles. The Kier molecular flexibility index (Phi) is 7.44. The fourth-order valence-corrected chi connectivity index (χ4v) is 4.84. The highest BCUT2D eigenvalue weighted by atomic mass is 35.5. The molecule has 6 heteroatoms. The molecule has 0 atom stereocenters. The first-order chi connectivity index (χ1) is 16.4. The van der Waals surface area contributed by atoms with E-state index in [1.807, 2.05) is 74.5 Å². The van der Waals surface area contributed by atoms with Crippen LogP contribution in [0.5, 0.6) is 0 Å². The molecule has 0 unspecified atom stereocenters. The molecular formula is C28H27ClN2O2S. The Balaban J connectivity index is 1.70. The number of carbonyl (C=O) groups is 2. The summed E-state index contributed by atoms with van der Waals surface area (Å²) in [6, 6.07) is 21.0. The average molecular weight is 491 g/mol.